The molecule has 114 valence electrons. The van der Waals surface area contributed by atoms with Crippen molar-refractivity contribution < 1.29 is 9.53 Å². The fraction of sp³-hybridized carbons (Fsp3) is 0.588. The summed E-state index contributed by atoms with van der Waals surface area (Å²) in [5, 5.41) is 3.42. The quantitative estimate of drug-likeness (QED) is 0.926. The standard InChI is InChI=1S/C17H24N2O2/c1-12-17(20)19(11-13-7-3-4-8-13)16(18-12)14-9-5-6-10-15(14)21-2/h5-6,9-10,12-13,16,18H,3-4,7-8,11H2,1-2H3. The molecule has 21 heavy (non-hydrogen) atoms. The number of hydrogen-bond acceptors (Lipinski definition) is 3. The summed E-state index contributed by atoms with van der Waals surface area (Å²) in [6.07, 6.45) is 5.03. The van der Waals surface area contributed by atoms with Crippen LogP contribution >= 0.6 is 0 Å². The Morgan fingerprint density at radius 2 is 2.00 bits per heavy atom. The molecule has 1 aromatic carbocycles. The van der Waals surface area contributed by atoms with Gasteiger partial charge in [0.2, 0.25) is 5.91 Å². The molecule has 1 N–H and O–H groups in total. The Hall–Kier alpha value is -1.55. The molecule has 0 bridgehead atoms. The van der Waals surface area contributed by atoms with E-state index in [0.717, 1.165) is 17.9 Å². The summed E-state index contributed by atoms with van der Waals surface area (Å²) < 4.78 is 5.47. The lowest BCUT2D eigenvalue weighted by molar-refractivity contribution is -0.130. The van der Waals surface area contributed by atoms with Crippen molar-refractivity contribution >= 4 is 5.91 Å². The maximum Gasteiger partial charge on any atom is 0.241 e. The van der Waals surface area contributed by atoms with Gasteiger partial charge in [0.1, 0.15) is 11.9 Å². The molecule has 1 aliphatic heterocycles. The van der Waals surface area contributed by atoms with Crippen LogP contribution < -0.4 is 10.1 Å². The first kappa shape index (κ1) is 14.4. The summed E-state index contributed by atoms with van der Waals surface area (Å²) in [4.78, 5) is 14.5. The van der Waals surface area contributed by atoms with Crippen LogP contribution in [0.5, 0.6) is 5.75 Å². The van der Waals surface area contributed by atoms with E-state index in [9.17, 15) is 4.79 Å². The van der Waals surface area contributed by atoms with Crippen molar-refractivity contribution in [1.29, 1.82) is 0 Å². The smallest absolute Gasteiger partial charge is 0.241 e. The zero-order valence-corrected chi connectivity index (χ0v) is 12.8. The number of amides is 1. The summed E-state index contributed by atoms with van der Waals surface area (Å²) in [6.45, 7) is 2.80. The molecule has 1 aliphatic carbocycles. The average molecular weight is 288 g/mol. The third-order valence-corrected chi connectivity index (χ3v) is 4.74. The zero-order chi connectivity index (χ0) is 14.8. The van der Waals surface area contributed by atoms with E-state index in [2.05, 4.69) is 5.32 Å². The van der Waals surface area contributed by atoms with Gasteiger partial charge in [-0.3, -0.25) is 10.1 Å². The van der Waals surface area contributed by atoms with Gasteiger partial charge in [0.25, 0.3) is 0 Å². The van der Waals surface area contributed by atoms with Crippen LogP contribution in [0.15, 0.2) is 24.3 Å². The third kappa shape index (κ3) is 2.77. The second kappa shape index (κ2) is 6.06. The first-order valence-corrected chi connectivity index (χ1v) is 7.90. The highest BCUT2D eigenvalue weighted by molar-refractivity contribution is 5.84. The summed E-state index contributed by atoms with van der Waals surface area (Å²) in [7, 11) is 1.68. The van der Waals surface area contributed by atoms with Crippen LogP contribution in [-0.4, -0.2) is 30.5 Å². The number of para-hydroxylation sites is 1. The Morgan fingerprint density at radius 3 is 2.71 bits per heavy atom. The van der Waals surface area contributed by atoms with Gasteiger partial charge in [0, 0.05) is 12.1 Å². The first-order chi connectivity index (χ1) is 10.2. The van der Waals surface area contributed by atoms with E-state index in [4.69, 9.17) is 4.74 Å². The topological polar surface area (TPSA) is 41.6 Å². The molecule has 0 spiro atoms. The Morgan fingerprint density at radius 1 is 1.29 bits per heavy atom. The third-order valence-electron chi connectivity index (χ3n) is 4.74. The second-order valence-corrected chi connectivity index (χ2v) is 6.17. The van der Waals surface area contributed by atoms with Crippen molar-refractivity contribution in [3.05, 3.63) is 29.8 Å². The molecule has 1 saturated heterocycles. The molecule has 1 heterocycles. The predicted molar refractivity (Wildman–Crippen MR) is 82.0 cm³/mol. The minimum Gasteiger partial charge on any atom is -0.496 e. The van der Waals surface area contributed by atoms with Crippen LogP contribution in [0.1, 0.15) is 44.3 Å². The number of carbonyl (C=O) groups is 1. The number of nitrogens with zero attached hydrogens (tertiary/aromatic N) is 1. The Labute approximate surface area is 126 Å². The summed E-state index contributed by atoms with van der Waals surface area (Å²) in [6, 6.07) is 7.84. The van der Waals surface area contributed by atoms with Crippen LogP contribution in [0, 0.1) is 5.92 Å². The largest absolute Gasteiger partial charge is 0.496 e. The van der Waals surface area contributed by atoms with Gasteiger partial charge in [0.15, 0.2) is 0 Å². The first-order valence-electron chi connectivity index (χ1n) is 7.90. The van der Waals surface area contributed by atoms with Crippen molar-refractivity contribution in [2.24, 2.45) is 5.92 Å². The monoisotopic (exact) mass is 288 g/mol. The lowest BCUT2D eigenvalue weighted by Crippen LogP contribution is -2.34. The molecule has 2 atom stereocenters. The van der Waals surface area contributed by atoms with Gasteiger partial charge in [-0.1, -0.05) is 31.0 Å². The second-order valence-electron chi connectivity index (χ2n) is 6.17. The van der Waals surface area contributed by atoms with Crippen molar-refractivity contribution in [1.82, 2.24) is 10.2 Å². The van der Waals surface area contributed by atoms with Crippen LogP contribution in [0.4, 0.5) is 0 Å². The van der Waals surface area contributed by atoms with Gasteiger partial charge in [-0.2, -0.15) is 0 Å². The highest BCUT2D eigenvalue weighted by atomic mass is 16.5. The Kier molecular flexibility index (Phi) is 4.15. The van der Waals surface area contributed by atoms with E-state index in [1.54, 1.807) is 7.11 Å². The molecule has 1 saturated carbocycles. The van der Waals surface area contributed by atoms with Gasteiger partial charge >= 0.3 is 0 Å². The van der Waals surface area contributed by atoms with Crippen LogP contribution in [0.2, 0.25) is 0 Å². The lowest BCUT2D eigenvalue weighted by Gasteiger charge is -2.28. The predicted octanol–water partition coefficient (Wildman–Crippen LogP) is 2.70. The van der Waals surface area contributed by atoms with E-state index in [1.165, 1.54) is 25.7 Å². The number of ether oxygens (including phenoxy) is 1. The molecule has 4 heteroatoms. The van der Waals surface area contributed by atoms with Gasteiger partial charge < -0.3 is 9.64 Å². The number of methoxy groups -OCH3 is 1. The molecular weight excluding hydrogens is 264 g/mol. The molecule has 3 rings (SSSR count). The van der Waals surface area contributed by atoms with Gasteiger partial charge in [-0.05, 0) is 31.7 Å². The molecule has 2 unspecified atom stereocenters. The summed E-state index contributed by atoms with van der Waals surface area (Å²) >= 11 is 0. The molecule has 0 aromatic heterocycles. The van der Waals surface area contributed by atoms with E-state index >= 15 is 0 Å². The van der Waals surface area contributed by atoms with E-state index in [-0.39, 0.29) is 18.1 Å². The zero-order valence-electron chi connectivity index (χ0n) is 12.8. The maximum atomic E-state index is 12.5. The molecule has 0 radical (unpaired) electrons. The lowest BCUT2D eigenvalue weighted by atomic mass is 10.1. The van der Waals surface area contributed by atoms with Crippen molar-refractivity contribution in [3.63, 3.8) is 0 Å². The SMILES string of the molecule is COc1ccccc1C1NC(C)C(=O)N1CC1CCCC1. The maximum absolute atomic E-state index is 12.5. The Balaban J connectivity index is 1.85. The van der Waals surface area contributed by atoms with Crippen LogP contribution in [-0.2, 0) is 4.79 Å². The minimum atomic E-state index is -0.124. The minimum absolute atomic E-state index is 0.0655. The number of carbonyl (C=O) groups excluding carboxylic acids is 1. The summed E-state index contributed by atoms with van der Waals surface area (Å²) in [5.41, 5.74) is 1.05. The van der Waals surface area contributed by atoms with Gasteiger partial charge in [-0.15, -0.1) is 0 Å². The number of hydrogen-bond donors (Lipinski definition) is 1. The average Bonchev–Trinajstić information content (AvgIpc) is 3.11. The molecule has 1 amide bonds. The fourth-order valence-electron chi connectivity index (χ4n) is 3.59. The fourth-order valence-corrected chi connectivity index (χ4v) is 3.59. The van der Waals surface area contributed by atoms with Crippen molar-refractivity contribution in [2.75, 3.05) is 13.7 Å². The number of nitrogens with one attached hydrogen (secondary N) is 1. The molecule has 2 fully saturated rings. The highest BCUT2D eigenvalue weighted by Gasteiger charge is 2.39. The Bertz CT molecular complexity index is 511. The van der Waals surface area contributed by atoms with E-state index < -0.39 is 0 Å². The normalized spacial score (nSPS) is 26.6. The van der Waals surface area contributed by atoms with Crippen molar-refractivity contribution in [3.8, 4) is 5.75 Å². The summed E-state index contributed by atoms with van der Waals surface area (Å²) in [5.74, 6) is 1.70. The van der Waals surface area contributed by atoms with Crippen LogP contribution in [0.3, 0.4) is 0 Å². The van der Waals surface area contributed by atoms with Crippen LogP contribution in [0.25, 0.3) is 0 Å². The van der Waals surface area contributed by atoms with E-state index in [1.807, 2.05) is 36.1 Å². The number of rotatable bonds is 4. The molecule has 4 nitrogen and oxygen atoms in total. The molecular formula is C17H24N2O2. The number of benzene rings is 1. The molecule has 2 aliphatic rings. The van der Waals surface area contributed by atoms with Crippen molar-refractivity contribution in [2.45, 2.75) is 44.8 Å². The van der Waals surface area contributed by atoms with E-state index in [0.29, 0.717) is 5.92 Å². The van der Waals surface area contributed by atoms with Gasteiger partial charge in [0.05, 0.1) is 13.2 Å². The van der Waals surface area contributed by atoms with Gasteiger partial charge in [-0.25, -0.2) is 0 Å². The highest BCUT2D eigenvalue weighted by Crippen LogP contribution is 2.34. The molecule has 1 aromatic rings.